The maximum absolute atomic E-state index is 13.1. The van der Waals surface area contributed by atoms with Crippen LogP contribution in [0.25, 0.3) is 6.08 Å². The number of thiocarbonyl (C=S) groups is 1. The van der Waals surface area contributed by atoms with Gasteiger partial charge in [-0.1, -0.05) is 42.2 Å². The minimum atomic E-state index is -0.300. The Labute approximate surface area is 245 Å². The Bertz CT molecular complexity index is 1460. The van der Waals surface area contributed by atoms with Crippen LogP contribution in [-0.4, -0.2) is 41.9 Å². The number of hydrogen-bond donors (Lipinski definition) is 1. The molecule has 7 nitrogen and oxygen atoms in total. The van der Waals surface area contributed by atoms with E-state index >= 15 is 0 Å². The number of amides is 2. The number of aryl methyl sites for hydroxylation is 2. The second-order valence-corrected chi connectivity index (χ2v) is 11.3. The lowest BCUT2D eigenvalue weighted by molar-refractivity contribution is -0.122. The fourth-order valence-electron chi connectivity index (χ4n) is 3.80. The lowest BCUT2D eigenvalue weighted by Gasteiger charge is -2.14. The summed E-state index contributed by atoms with van der Waals surface area (Å²) in [7, 11) is 3.13. The number of nitrogens with one attached hydrogen (secondary N) is 1. The van der Waals surface area contributed by atoms with Crippen molar-refractivity contribution in [2.75, 3.05) is 26.1 Å². The zero-order valence-corrected chi connectivity index (χ0v) is 25.1. The summed E-state index contributed by atoms with van der Waals surface area (Å²) in [4.78, 5) is 27.7. The van der Waals surface area contributed by atoms with E-state index in [9.17, 15) is 9.59 Å². The van der Waals surface area contributed by atoms with Gasteiger partial charge in [-0.2, -0.15) is 0 Å². The standard InChI is InChI=1S/C29H27BrN2O5S2/c1-17-11-22(30)23(12-18(17)2)31-27(33)16-37-24-10-7-20(13-25(24)36-4)14-26-28(34)32(29(38)39-26)15-19-5-8-21(35-3)9-6-19/h5-14H,15-16H2,1-4H3,(H,31,33)/b26-14-. The summed E-state index contributed by atoms with van der Waals surface area (Å²) in [5.74, 6) is 1.15. The van der Waals surface area contributed by atoms with Crippen LogP contribution in [0.3, 0.4) is 0 Å². The van der Waals surface area contributed by atoms with Crippen LogP contribution in [0.15, 0.2) is 64.0 Å². The van der Waals surface area contributed by atoms with E-state index in [2.05, 4.69) is 21.2 Å². The minimum Gasteiger partial charge on any atom is -0.497 e. The van der Waals surface area contributed by atoms with Gasteiger partial charge in [0.1, 0.15) is 10.1 Å². The summed E-state index contributed by atoms with van der Waals surface area (Å²) < 4.78 is 17.7. The molecule has 0 aliphatic carbocycles. The molecule has 3 aromatic carbocycles. The molecule has 0 bridgehead atoms. The number of ether oxygens (including phenoxy) is 3. The van der Waals surface area contributed by atoms with Crippen LogP contribution in [0.2, 0.25) is 0 Å². The third kappa shape index (κ3) is 7.00. The second-order valence-electron chi connectivity index (χ2n) is 8.78. The summed E-state index contributed by atoms with van der Waals surface area (Å²) in [5.41, 5.74) is 4.57. The SMILES string of the molecule is COc1ccc(CN2C(=O)/C(=C/c3ccc(OCC(=O)Nc4cc(C)c(C)cc4Br)c(OC)c3)SC2=S)cc1. The van der Waals surface area contributed by atoms with E-state index in [1.807, 2.05) is 50.2 Å². The summed E-state index contributed by atoms with van der Waals surface area (Å²) >= 11 is 10.2. The first kappa shape index (κ1) is 28.7. The Morgan fingerprint density at radius 1 is 1.03 bits per heavy atom. The van der Waals surface area contributed by atoms with Crippen molar-refractivity contribution in [2.45, 2.75) is 20.4 Å². The van der Waals surface area contributed by atoms with Crippen LogP contribution < -0.4 is 19.5 Å². The highest BCUT2D eigenvalue weighted by Crippen LogP contribution is 2.36. The summed E-state index contributed by atoms with van der Waals surface area (Å²) in [5, 5.41) is 2.86. The summed E-state index contributed by atoms with van der Waals surface area (Å²) in [6.07, 6.45) is 1.77. The lowest BCUT2D eigenvalue weighted by Crippen LogP contribution is -2.27. The average Bonchev–Trinajstić information content (AvgIpc) is 3.18. The monoisotopic (exact) mass is 626 g/mol. The predicted octanol–water partition coefficient (Wildman–Crippen LogP) is 6.50. The van der Waals surface area contributed by atoms with Gasteiger partial charge in [0, 0.05) is 4.47 Å². The van der Waals surface area contributed by atoms with Crippen molar-refractivity contribution >= 4 is 67.8 Å². The van der Waals surface area contributed by atoms with E-state index in [1.165, 1.54) is 18.9 Å². The molecule has 39 heavy (non-hydrogen) atoms. The quantitative estimate of drug-likeness (QED) is 0.214. The minimum absolute atomic E-state index is 0.158. The van der Waals surface area contributed by atoms with Gasteiger partial charge in [0.2, 0.25) is 0 Å². The number of methoxy groups -OCH3 is 2. The normalized spacial score (nSPS) is 14.1. The Balaban J connectivity index is 1.41. The van der Waals surface area contributed by atoms with Crippen molar-refractivity contribution in [1.82, 2.24) is 4.90 Å². The van der Waals surface area contributed by atoms with Crippen LogP contribution in [0.1, 0.15) is 22.3 Å². The summed E-state index contributed by atoms with van der Waals surface area (Å²) in [6.45, 7) is 4.18. The third-order valence-electron chi connectivity index (χ3n) is 6.08. The van der Waals surface area contributed by atoms with Gasteiger partial charge in [-0.25, -0.2) is 0 Å². The van der Waals surface area contributed by atoms with Crippen LogP contribution in [-0.2, 0) is 16.1 Å². The molecule has 0 unspecified atom stereocenters. The molecular formula is C29H27BrN2O5S2. The molecule has 0 spiro atoms. The van der Waals surface area contributed by atoms with Crippen molar-refractivity contribution in [2.24, 2.45) is 0 Å². The van der Waals surface area contributed by atoms with Crippen LogP contribution in [0.4, 0.5) is 5.69 Å². The lowest BCUT2D eigenvalue weighted by atomic mass is 10.1. The van der Waals surface area contributed by atoms with E-state index in [-0.39, 0.29) is 18.4 Å². The van der Waals surface area contributed by atoms with Gasteiger partial charge in [-0.15, -0.1) is 0 Å². The van der Waals surface area contributed by atoms with E-state index in [0.717, 1.165) is 32.5 Å². The number of hydrogen-bond acceptors (Lipinski definition) is 7. The van der Waals surface area contributed by atoms with E-state index in [1.54, 1.807) is 36.3 Å². The molecule has 2 amide bonds. The highest BCUT2D eigenvalue weighted by Gasteiger charge is 2.32. The zero-order chi connectivity index (χ0) is 28.1. The average molecular weight is 628 g/mol. The van der Waals surface area contributed by atoms with Crippen molar-refractivity contribution < 1.29 is 23.8 Å². The number of benzene rings is 3. The number of carbonyl (C=O) groups excluding carboxylic acids is 2. The molecule has 4 rings (SSSR count). The van der Waals surface area contributed by atoms with Gasteiger partial charge in [0.25, 0.3) is 11.8 Å². The molecule has 3 aromatic rings. The molecule has 1 saturated heterocycles. The van der Waals surface area contributed by atoms with E-state index in [4.69, 9.17) is 26.4 Å². The van der Waals surface area contributed by atoms with E-state index in [0.29, 0.717) is 33.0 Å². The Hall–Kier alpha value is -3.34. The molecule has 1 aliphatic heterocycles. The Morgan fingerprint density at radius 2 is 1.74 bits per heavy atom. The predicted molar refractivity (Wildman–Crippen MR) is 162 cm³/mol. The number of anilines is 1. The first-order chi connectivity index (χ1) is 18.7. The molecule has 0 saturated carbocycles. The van der Waals surface area contributed by atoms with Gasteiger partial charge in [-0.05, 0) is 94.5 Å². The van der Waals surface area contributed by atoms with Crippen molar-refractivity contribution in [3.8, 4) is 17.2 Å². The molecule has 0 radical (unpaired) electrons. The maximum Gasteiger partial charge on any atom is 0.266 e. The van der Waals surface area contributed by atoms with Gasteiger partial charge < -0.3 is 19.5 Å². The molecule has 202 valence electrons. The molecular weight excluding hydrogens is 600 g/mol. The Morgan fingerprint density at radius 3 is 2.44 bits per heavy atom. The number of halogens is 1. The fourth-order valence-corrected chi connectivity index (χ4v) is 5.61. The van der Waals surface area contributed by atoms with Crippen LogP contribution >= 0.6 is 39.9 Å². The largest absolute Gasteiger partial charge is 0.497 e. The first-order valence-corrected chi connectivity index (χ1v) is 14.0. The highest BCUT2D eigenvalue weighted by atomic mass is 79.9. The number of thioether (sulfide) groups is 1. The molecule has 0 aromatic heterocycles. The van der Waals surface area contributed by atoms with Crippen LogP contribution in [0, 0.1) is 13.8 Å². The van der Waals surface area contributed by atoms with Gasteiger partial charge in [-0.3, -0.25) is 14.5 Å². The van der Waals surface area contributed by atoms with E-state index < -0.39 is 0 Å². The smallest absolute Gasteiger partial charge is 0.266 e. The molecule has 1 N–H and O–H groups in total. The van der Waals surface area contributed by atoms with Crippen molar-refractivity contribution in [1.29, 1.82) is 0 Å². The fraction of sp³-hybridized carbons (Fsp3) is 0.207. The topological polar surface area (TPSA) is 77.1 Å². The molecule has 0 atom stereocenters. The first-order valence-electron chi connectivity index (χ1n) is 11.9. The molecule has 1 heterocycles. The van der Waals surface area contributed by atoms with Crippen LogP contribution in [0.5, 0.6) is 17.2 Å². The van der Waals surface area contributed by atoms with Gasteiger partial charge in [0.15, 0.2) is 18.1 Å². The number of carbonyl (C=O) groups is 2. The Kier molecular flexibility index (Phi) is 9.32. The van der Waals surface area contributed by atoms with Gasteiger partial charge in [0.05, 0.1) is 31.4 Å². The number of rotatable bonds is 9. The zero-order valence-electron chi connectivity index (χ0n) is 21.9. The summed E-state index contributed by atoms with van der Waals surface area (Å²) in [6, 6.07) is 16.6. The number of nitrogens with zero attached hydrogens (tertiary/aromatic N) is 1. The molecule has 1 aliphatic rings. The molecule has 1 fully saturated rings. The van der Waals surface area contributed by atoms with Gasteiger partial charge >= 0.3 is 0 Å². The molecule has 10 heteroatoms. The highest BCUT2D eigenvalue weighted by molar-refractivity contribution is 9.10. The third-order valence-corrected chi connectivity index (χ3v) is 8.11. The maximum atomic E-state index is 13.1. The van der Waals surface area contributed by atoms with Crippen molar-refractivity contribution in [3.63, 3.8) is 0 Å². The second kappa shape index (κ2) is 12.7. The van der Waals surface area contributed by atoms with Crippen molar-refractivity contribution in [3.05, 3.63) is 86.2 Å².